The van der Waals surface area contributed by atoms with Gasteiger partial charge in [0.05, 0.1) is 19.1 Å². The molecule has 150 valence electrons. The van der Waals surface area contributed by atoms with Crippen LogP contribution in [0, 0.1) is 5.82 Å². The van der Waals surface area contributed by atoms with Crippen LogP contribution in [0.2, 0.25) is 0 Å². The Morgan fingerprint density at radius 1 is 1.07 bits per heavy atom. The summed E-state index contributed by atoms with van der Waals surface area (Å²) in [6.45, 7) is -0.0324. The van der Waals surface area contributed by atoms with Crippen LogP contribution in [-0.2, 0) is 17.8 Å². The largest absolute Gasteiger partial charge is 0.489 e. The van der Waals surface area contributed by atoms with Crippen LogP contribution in [-0.4, -0.2) is 22.8 Å². The summed E-state index contributed by atoms with van der Waals surface area (Å²) in [5, 5.41) is 18.3. The number of halogens is 1. The normalized spacial score (nSPS) is 11.8. The summed E-state index contributed by atoms with van der Waals surface area (Å²) in [4.78, 5) is 11.0. The summed E-state index contributed by atoms with van der Waals surface area (Å²) in [7, 11) is 0. The quantitative estimate of drug-likeness (QED) is 0.541. The third kappa shape index (κ3) is 5.19. The summed E-state index contributed by atoms with van der Waals surface area (Å²) < 4.78 is 20.2. The fourth-order valence-electron chi connectivity index (χ4n) is 3.04. The molecule has 0 amide bonds. The van der Waals surface area contributed by atoms with E-state index in [4.69, 9.17) is 15.6 Å². The van der Waals surface area contributed by atoms with Crippen LogP contribution in [0.25, 0.3) is 11.1 Å². The van der Waals surface area contributed by atoms with E-state index < -0.39 is 12.0 Å². The zero-order chi connectivity index (χ0) is 20.8. The molecule has 0 aliphatic carbocycles. The van der Waals surface area contributed by atoms with Crippen LogP contribution in [0.5, 0.6) is 5.75 Å². The second-order valence-corrected chi connectivity index (χ2v) is 6.70. The SMILES string of the molecule is N[C@H](CO)c1cccc(-c2cc(COc3ccccc3CC(=O)O)ccc2F)c1. The van der Waals surface area contributed by atoms with Crippen LogP contribution in [0.1, 0.15) is 22.7 Å². The topological polar surface area (TPSA) is 92.8 Å². The van der Waals surface area contributed by atoms with Gasteiger partial charge in [-0.3, -0.25) is 4.79 Å². The predicted octanol–water partition coefficient (Wildman–Crippen LogP) is 3.69. The number of carboxylic acid groups (broad SMARTS) is 1. The maximum absolute atomic E-state index is 14.5. The van der Waals surface area contributed by atoms with E-state index in [-0.39, 0.29) is 25.5 Å². The third-order valence-corrected chi connectivity index (χ3v) is 4.56. The lowest BCUT2D eigenvalue weighted by molar-refractivity contribution is -0.136. The molecule has 0 radical (unpaired) electrons. The molecule has 0 bridgehead atoms. The highest BCUT2D eigenvalue weighted by atomic mass is 19.1. The molecule has 0 heterocycles. The van der Waals surface area contributed by atoms with Crippen molar-refractivity contribution in [1.29, 1.82) is 0 Å². The summed E-state index contributed by atoms with van der Waals surface area (Å²) in [5.74, 6) is -0.836. The monoisotopic (exact) mass is 395 g/mol. The molecule has 0 aliphatic rings. The predicted molar refractivity (Wildman–Crippen MR) is 108 cm³/mol. The van der Waals surface area contributed by atoms with E-state index in [0.29, 0.717) is 28.0 Å². The second kappa shape index (κ2) is 9.32. The number of ether oxygens (including phenoxy) is 1. The summed E-state index contributed by atoms with van der Waals surface area (Å²) in [6, 6.07) is 18.2. The van der Waals surface area contributed by atoms with Gasteiger partial charge in [-0.25, -0.2) is 4.39 Å². The van der Waals surface area contributed by atoms with E-state index in [2.05, 4.69) is 0 Å². The average molecular weight is 395 g/mol. The smallest absolute Gasteiger partial charge is 0.307 e. The van der Waals surface area contributed by atoms with E-state index in [1.165, 1.54) is 6.07 Å². The fraction of sp³-hybridized carbons (Fsp3) is 0.174. The van der Waals surface area contributed by atoms with Gasteiger partial charge < -0.3 is 20.7 Å². The van der Waals surface area contributed by atoms with Crippen molar-refractivity contribution in [1.82, 2.24) is 0 Å². The Labute approximate surface area is 168 Å². The van der Waals surface area contributed by atoms with Crippen molar-refractivity contribution < 1.29 is 24.1 Å². The summed E-state index contributed by atoms with van der Waals surface area (Å²) >= 11 is 0. The first-order valence-corrected chi connectivity index (χ1v) is 9.15. The molecule has 3 aromatic rings. The van der Waals surface area contributed by atoms with Gasteiger partial charge in [0.2, 0.25) is 0 Å². The number of carboxylic acids is 1. The van der Waals surface area contributed by atoms with Crippen molar-refractivity contribution in [2.75, 3.05) is 6.61 Å². The van der Waals surface area contributed by atoms with E-state index in [1.807, 2.05) is 0 Å². The molecule has 3 aromatic carbocycles. The standard InChI is InChI=1S/C23H22FNO4/c24-20-9-8-15(14-29-22-7-2-1-4-18(22)12-23(27)28)10-19(20)16-5-3-6-17(11-16)21(25)13-26/h1-11,21,26H,12-14,25H2,(H,27,28)/t21-/m1/s1. The molecule has 4 N–H and O–H groups in total. The first-order chi connectivity index (χ1) is 14.0. The molecule has 0 fully saturated rings. The lowest BCUT2D eigenvalue weighted by Crippen LogP contribution is -2.14. The number of benzene rings is 3. The second-order valence-electron chi connectivity index (χ2n) is 6.70. The molecular weight excluding hydrogens is 373 g/mol. The molecule has 0 spiro atoms. The van der Waals surface area contributed by atoms with Gasteiger partial charge in [0.25, 0.3) is 0 Å². The van der Waals surface area contributed by atoms with Crippen LogP contribution in [0.4, 0.5) is 4.39 Å². The molecule has 0 aromatic heterocycles. The lowest BCUT2D eigenvalue weighted by atomic mass is 9.98. The van der Waals surface area contributed by atoms with Gasteiger partial charge in [-0.15, -0.1) is 0 Å². The van der Waals surface area contributed by atoms with Crippen molar-refractivity contribution in [3.05, 3.63) is 89.2 Å². The number of aliphatic carboxylic acids is 1. The van der Waals surface area contributed by atoms with Crippen LogP contribution in [0.15, 0.2) is 66.7 Å². The Kier molecular flexibility index (Phi) is 6.59. The lowest BCUT2D eigenvalue weighted by Gasteiger charge is -2.13. The number of aliphatic hydroxyl groups excluding tert-OH is 1. The minimum atomic E-state index is -0.939. The summed E-state index contributed by atoms with van der Waals surface area (Å²) in [5.41, 5.74) is 8.95. The van der Waals surface area contributed by atoms with Gasteiger partial charge in [0.15, 0.2) is 0 Å². The van der Waals surface area contributed by atoms with E-state index >= 15 is 0 Å². The maximum atomic E-state index is 14.5. The first-order valence-electron chi connectivity index (χ1n) is 9.15. The van der Waals surface area contributed by atoms with E-state index in [1.54, 1.807) is 60.7 Å². The van der Waals surface area contributed by atoms with E-state index in [9.17, 15) is 14.3 Å². The minimum absolute atomic E-state index is 0.136. The Morgan fingerprint density at radius 2 is 1.86 bits per heavy atom. The Bertz CT molecular complexity index is 1010. The zero-order valence-electron chi connectivity index (χ0n) is 15.7. The minimum Gasteiger partial charge on any atom is -0.489 e. The molecule has 0 aliphatic heterocycles. The maximum Gasteiger partial charge on any atom is 0.307 e. The Morgan fingerprint density at radius 3 is 2.62 bits per heavy atom. The number of aliphatic hydroxyl groups is 1. The van der Waals surface area contributed by atoms with Gasteiger partial charge in [-0.2, -0.15) is 0 Å². The zero-order valence-corrected chi connectivity index (χ0v) is 15.7. The molecule has 0 saturated heterocycles. The van der Waals surface area contributed by atoms with Crippen LogP contribution in [0.3, 0.4) is 0 Å². The highest BCUT2D eigenvalue weighted by molar-refractivity contribution is 5.71. The van der Waals surface area contributed by atoms with Gasteiger partial charge in [-0.05, 0) is 41.0 Å². The number of carbonyl (C=O) groups is 1. The highest BCUT2D eigenvalue weighted by Gasteiger charge is 2.12. The molecule has 1 atom stereocenters. The van der Waals surface area contributed by atoms with Crippen molar-refractivity contribution in [2.24, 2.45) is 5.73 Å². The number of hydrogen-bond acceptors (Lipinski definition) is 4. The third-order valence-electron chi connectivity index (χ3n) is 4.56. The number of para-hydroxylation sites is 1. The number of rotatable bonds is 8. The fourth-order valence-corrected chi connectivity index (χ4v) is 3.04. The average Bonchev–Trinajstić information content (AvgIpc) is 2.73. The number of nitrogens with two attached hydrogens (primary N) is 1. The Balaban J connectivity index is 1.83. The molecular formula is C23H22FNO4. The van der Waals surface area contributed by atoms with E-state index in [0.717, 1.165) is 5.56 Å². The van der Waals surface area contributed by atoms with Crippen molar-refractivity contribution >= 4 is 5.97 Å². The highest BCUT2D eigenvalue weighted by Crippen LogP contribution is 2.27. The number of hydrogen-bond donors (Lipinski definition) is 3. The molecule has 0 saturated carbocycles. The molecule has 6 heteroatoms. The molecule has 3 rings (SSSR count). The van der Waals surface area contributed by atoms with Crippen molar-refractivity contribution in [3.8, 4) is 16.9 Å². The van der Waals surface area contributed by atoms with Crippen LogP contribution < -0.4 is 10.5 Å². The van der Waals surface area contributed by atoms with Crippen LogP contribution >= 0.6 is 0 Å². The molecule has 29 heavy (non-hydrogen) atoms. The van der Waals surface area contributed by atoms with Gasteiger partial charge in [0, 0.05) is 11.1 Å². The van der Waals surface area contributed by atoms with Gasteiger partial charge in [0.1, 0.15) is 18.2 Å². The molecule has 5 nitrogen and oxygen atoms in total. The Hall–Kier alpha value is -3.22. The summed E-state index contributed by atoms with van der Waals surface area (Å²) in [6.07, 6.45) is -0.136. The van der Waals surface area contributed by atoms with Gasteiger partial charge in [-0.1, -0.05) is 42.5 Å². The first kappa shape index (κ1) is 20.5. The van der Waals surface area contributed by atoms with Crippen molar-refractivity contribution in [3.63, 3.8) is 0 Å². The molecule has 0 unspecified atom stereocenters. The van der Waals surface area contributed by atoms with Gasteiger partial charge >= 0.3 is 5.97 Å². The van der Waals surface area contributed by atoms with Crippen molar-refractivity contribution in [2.45, 2.75) is 19.1 Å².